The zero-order valence-corrected chi connectivity index (χ0v) is 16.9. The van der Waals surface area contributed by atoms with E-state index in [0.717, 1.165) is 39.1 Å². The first-order chi connectivity index (χ1) is 12.9. The molecule has 1 aliphatic heterocycles. The summed E-state index contributed by atoms with van der Waals surface area (Å²) in [5, 5.41) is 0. The third-order valence-electron chi connectivity index (χ3n) is 5.81. The Bertz CT molecular complexity index is 688. The Kier molecular flexibility index (Phi) is 7.25. The van der Waals surface area contributed by atoms with Crippen molar-refractivity contribution in [1.29, 1.82) is 0 Å². The van der Waals surface area contributed by atoms with E-state index in [9.17, 15) is 12.8 Å². The first kappa shape index (κ1) is 20.7. The van der Waals surface area contributed by atoms with E-state index in [1.807, 2.05) is 0 Å². The molecule has 3 rings (SSSR count). The highest BCUT2D eigenvalue weighted by Crippen LogP contribution is 2.26. The van der Waals surface area contributed by atoms with Gasteiger partial charge >= 0.3 is 0 Å². The van der Waals surface area contributed by atoms with Crippen molar-refractivity contribution < 1.29 is 17.5 Å². The average molecular weight is 399 g/mol. The van der Waals surface area contributed by atoms with Gasteiger partial charge in [0.2, 0.25) is 10.0 Å². The second kappa shape index (κ2) is 9.45. The molecule has 0 spiro atoms. The second-order valence-electron chi connectivity index (χ2n) is 7.86. The van der Waals surface area contributed by atoms with E-state index in [1.165, 1.54) is 49.9 Å². The molecule has 2 fully saturated rings. The number of halogens is 1. The number of hydrogen-bond donors (Lipinski definition) is 1. The Morgan fingerprint density at radius 3 is 2.44 bits per heavy atom. The van der Waals surface area contributed by atoms with Crippen LogP contribution < -0.4 is 4.72 Å². The van der Waals surface area contributed by atoms with Gasteiger partial charge in [-0.15, -0.1) is 0 Å². The SMILES string of the molecule is CC1CCCCC1OCCN1CCC(NS(=O)(=O)c2ccc(F)cc2)CC1. The Hall–Kier alpha value is -1.02. The monoisotopic (exact) mass is 398 g/mol. The maximum atomic E-state index is 13.0. The molecule has 1 aliphatic carbocycles. The lowest BCUT2D eigenvalue weighted by atomic mass is 9.88. The molecule has 1 N–H and O–H groups in total. The van der Waals surface area contributed by atoms with Crippen molar-refractivity contribution in [2.45, 2.75) is 62.5 Å². The van der Waals surface area contributed by atoms with Crippen LogP contribution in [0.3, 0.4) is 0 Å². The molecule has 2 aliphatic rings. The molecule has 152 valence electrons. The van der Waals surface area contributed by atoms with Crippen molar-refractivity contribution >= 4 is 10.0 Å². The molecule has 1 aromatic rings. The number of rotatable bonds is 7. The van der Waals surface area contributed by atoms with Crippen LogP contribution in [0.1, 0.15) is 45.4 Å². The van der Waals surface area contributed by atoms with Crippen LogP contribution >= 0.6 is 0 Å². The van der Waals surface area contributed by atoms with Gasteiger partial charge in [0.15, 0.2) is 0 Å². The number of nitrogens with zero attached hydrogens (tertiary/aromatic N) is 1. The number of ether oxygens (including phenoxy) is 1. The van der Waals surface area contributed by atoms with Crippen molar-refractivity contribution in [3.05, 3.63) is 30.1 Å². The maximum Gasteiger partial charge on any atom is 0.240 e. The Balaban J connectivity index is 1.39. The molecular formula is C20H31FN2O3S. The summed E-state index contributed by atoms with van der Waals surface area (Å²) in [6.07, 6.45) is 7.00. The summed E-state index contributed by atoms with van der Waals surface area (Å²) in [4.78, 5) is 2.46. The van der Waals surface area contributed by atoms with Gasteiger partial charge in [-0.2, -0.15) is 0 Å². The van der Waals surface area contributed by atoms with Gasteiger partial charge in [0.25, 0.3) is 0 Å². The molecule has 0 radical (unpaired) electrons. The van der Waals surface area contributed by atoms with Gasteiger partial charge in [0, 0.05) is 12.6 Å². The van der Waals surface area contributed by atoms with E-state index in [2.05, 4.69) is 16.5 Å². The van der Waals surface area contributed by atoms with E-state index in [4.69, 9.17) is 4.74 Å². The largest absolute Gasteiger partial charge is 0.377 e. The third kappa shape index (κ3) is 5.98. The number of nitrogens with one attached hydrogen (secondary N) is 1. The lowest BCUT2D eigenvalue weighted by Gasteiger charge is -2.33. The normalized spacial score (nSPS) is 25.6. The fourth-order valence-corrected chi connectivity index (χ4v) is 5.34. The lowest BCUT2D eigenvalue weighted by Crippen LogP contribution is -2.45. The van der Waals surface area contributed by atoms with Crippen LogP contribution in [0.5, 0.6) is 0 Å². The number of likely N-dealkylation sites (tertiary alicyclic amines) is 1. The van der Waals surface area contributed by atoms with Gasteiger partial charge in [-0.1, -0.05) is 19.8 Å². The third-order valence-corrected chi connectivity index (χ3v) is 7.34. The smallest absolute Gasteiger partial charge is 0.240 e. The Labute approximate surface area is 162 Å². The molecular weight excluding hydrogens is 367 g/mol. The molecule has 0 amide bonds. The Morgan fingerprint density at radius 2 is 1.78 bits per heavy atom. The highest BCUT2D eigenvalue weighted by molar-refractivity contribution is 7.89. The van der Waals surface area contributed by atoms with Crippen molar-refractivity contribution in [3.63, 3.8) is 0 Å². The topological polar surface area (TPSA) is 58.6 Å². The van der Waals surface area contributed by atoms with Crippen molar-refractivity contribution in [2.75, 3.05) is 26.2 Å². The predicted molar refractivity (Wildman–Crippen MR) is 104 cm³/mol. The zero-order chi connectivity index (χ0) is 19.3. The number of piperidine rings is 1. The minimum absolute atomic E-state index is 0.0735. The Morgan fingerprint density at radius 1 is 1.11 bits per heavy atom. The van der Waals surface area contributed by atoms with Crippen molar-refractivity contribution in [3.8, 4) is 0 Å². The van der Waals surface area contributed by atoms with Crippen molar-refractivity contribution in [2.24, 2.45) is 5.92 Å². The highest BCUT2D eigenvalue weighted by Gasteiger charge is 2.25. The van der Waals surface area contributed by atoms with Crippen LogP contribution in [0.25, 0.3) is 0 Å². The summed E-state index contributed by atoms with van der Waals surface area (Å²) < 4.78 is 46.6. The summed E-state index contributed by atoms with van der Waals surface area (Å²) in [6, 6.07) is 4.87. The number of sulfonamides is 1. The van der Waals surface area contributed by atoms with E-state index in [0.29, 0.717) is 12.0 Å². The van der Waals surface area contributed by atoms with Crippen LogP contribution in [0.15, 0.2) is 29.2 Å². The van der Waals surface area contributed by atoms with E-state index >= 15 is 0 Å². The first-order valence-electron chi connectivity index (χ1n) is 10.1. The number of benzene rings is 1. The fourth-order valence-electron chi connectivity index (χ4n) is 4.04. The maximum absolute atomic E-state index is 13.0. The van der Waals surface area contributed by atoms with E-state index in [-0.39, 0.29) is 10.9 Å². The van der Waals surface area contributed by atoms with Crippen LogP contribution in [-0.4, -0.2) is 51.7 Å². The second-order valence-corrected chi connectivity index (χ2v) is 9.58. The van der Waals surface area contributed by atoms with Crippen LogP contribution in [0, 0.1) is 11.7 Å². The van der Waals surface area contributed by atoms with Gasteiger partial charge in [-0.25, -0.2) is 17.5 Å². The summed E-state index contributed by atoms with van der Waals surface area (Å²) in [7, 11) is -3.59. The molecule has 2 atom stereocenters. The molecule has 0 aromatic heterocycles. The highest BCUT2D eigenvalue weighted by atomic mass is 32.2. The fraction of sp³-hybridized carbons (Fsp3) is 0.700. The van der Waals surface area contributed by atoms with Gasteiger partial charge < -0.3 is 9.64 Å². The molecule has 1 saturated carbocycles. The lowest BCUT2D eigenvalue weighted by molar-refractivity contribution is -0.0157. The average Bonchev–Trinajstić information content (AvgIpc) is 2.65. The molecule has 7 heteroatoms. The molecule has 27 heavy (non-hydrogen) atoms. The minimum atomic E-state index is -3.59. The summed E-state index contributed by atoms with van der Waals surface area (Å²) >= 11 is 0. The first-order valence-corrected chi connectivity index (χ1v) is 11.5. The van der Waals surface area contributed by atoms with E-state index < -0.39 is 15.8 Å². The predicted octanol–water partition coefficient (Wildman–Crippen LogP) is 3.16. The van der Waals surface area contributed by atoms with Crippen molar-refractivity contribution in [1.82, 2.24) is 9.62 Å². The quantitative estimate of drug-likeness (QED) is 0.767. The minimum Gasteiger partial charge on any atom is -0.377 e. The standard InChI is InChI=1S/C20H31FN2O3S/c1-16-4-2-3-5-20(16)26-15-14-23-12-10-18(11-13-23)22-27(24,25)19-8-6-17(21)7-9-19/h6-9,16,18,20,22H,2-5,10-15H2,1H3. The van der Waals surface area contributed by atoms with Gasteiger partial charge in [-0.3, -0.25) is 0 Å². The molecule has 1 heterocycles. The van der Waals surface area contributed by atoms with Gasteiger partial charge in [0.1, 0.15) is 5.82 Å². The summed E-state index contributed by atoms with van der Waals surface area (Å²) in [5.74, 6) is 0.220. The summed E-state index contributed by atoms with van der Waals surface area (Å²) in [5.41, 5.74) is 0. The zero-order valence-electron chi connectivity index (χ0n) is 16.1. The van der Waals surface area contributed by atoms with Gasteiger partial charge in [-0.05, 0) is 69.0 Å². The van der Waals surface area contributed by atoms with Crippen LogP contribution in [-0.2, 0) is 14.8 Å². The molecule has 1 aromatic carbocycles. The van der Waals surface area contributed by atoms with E-state index in [1.54, 1.807) is 0 Å². The molecule has 5 nitrogen and oxygen atoms in total. The number of hydrogen-bond acceptors (Lipinski definition) is 4. The molecule has 1 saturated heterocycles. The molecule has 0 bridgehead atoms. The van der Waals surface area contributed by atoms with Gasteiger partial charge in [0.05, 0.1) is 17.6 Å². The summed E-state index contributed by atoms with van der Waals surface area (Å²) in [6.45, 7) is 5.66. The van der Waals surface area contributed by atoms with Crippen LogP contribution in [0.2, 0.25) is 0 Å². The van der Waals surface area contributed by atoms with Crippen LogP contribution in [0.4, 0.5) is 4.39 Å². The molecule has 2 unspecified atom stereocenters.